The fourth-order valence-corrected chi connectivity index (χ4v) is 4.38. The second-order valence-electron chi connectivity index (χ2n) is 4.51. The van der Waals surface area contributed by atoms with Crippen molar-refractivity contribution < 1.29 is 0 Å². The van der Waals surface area contributed by atoms with Gasteiger partial charge in [0.1, 0.15) is 0 Å². The molecule has 2 aromatic carbocycles. The number of halogens is 2. The zero-order valence-corrected chi connectivity index (χ0v) is 13.1. The van der Waals surface area contributed by atoms with E-state index < -0.39 is 0 Å². The number of thioether (sulfide) groups is 1. The van der Waals surface area contributed by atoms with Crippen LogP contribution in [0.15, 0.2) is 45.8 Å². The molecule has 0 aromatic heterocycles. The predicted octanol–water partition coefficient (Wildman–Crippen LogP) is 5.86. The Hall–Kier alpha value is -0.440. The molecule has 2 aromatic rings. The molecule has 18 heavy (non-hydrogen) atoms. The van der Waals surface area contributed by atoms with E-state index in [1.54, 1.807) is 0 Å². The summed E-state index contributed by atoms with van der Waals surface area (Å²) in [5.41, 5.74) is 4.15. The van der Waals surface area contributed by atoms with E-state index in [0.717, 1.165) is 15.2 Å². The zero-order valence-electron chi connectivity index (χ0n) is 9.91. The molecule has 0 saturated heterocycles. The Morgan fingerprint density at radius 3 is 2.89 bits per heavy atom. The molecule has 1 heterocycles. The first-order valence-electron chi connectivity index (χ1n) is 5.86. The molecule has 3 heteroatoms. The van der Waals surface area contributed by atoms with Gasteiger partial charge in [0.05, 0.1) is 5.02 Å². The minimum atomic E-state index is 0.400. The summed E-state index contributed by atoms with van der Waals surface area (Å²) in [4.78, 5) is 1.24. The van der Waals surface area contributed by atoms with Gasteiger partial charge in [-0.05, 0) is 34.9 Å². The molecule has 0 aliphatic carbocycles. The fraction of sp³-hybridized carbons (Fsp3) is 0.200. The molecule has 0 spiro atoms. The van der Waals surface area contributed by atoms with Crippen molar-refractivity contribution in [2.45, 2.75) is 23.5 Å². The first kappa shape index (κ1) is 12.6. The van der Waals surface area contributed by atoms with Crippen LogP contribution in [0.2, 0.25) is 5.02 Å². The summed E-state index contributed by atoms with van der Waals surface area (Å²) in [6.07, 6.45) is 0. The maximum absolute atomic E-state index is 6.32. The highest BCUT2D eigenvalue weighted by Crippen LogP contribution is 2.43. The van der Waals surface area contributed by atoms with Gasteiger partial charge in [0.15, 0.2) is 0 Å². The zero-order chi connectivity index (χ0) is 12.7. The highest BCUT2D eigenvalue weighted by atomic mass is 79.9. The molecule has 1 aliphatic rings. The van der Waals surface area contributed by atoms with Crippen molar-refractivity contribution in [1.82, 2.24) is 0 Å². The van der Waals surface area contributed by atoms with Gasteiger partial charge in [0.2, 0.25) is 0 Å². The standard InChI is InChI=1S/C15H12BrClS/c1-9-12-6-5-11(16)7-10(12)8-18-15-13(9)3-2-4-14(15)17/h2-7,9H,8H2,1H3. The molecule has 0 saturated carbocycles. The molecular weight excluding hydrogens is 328 g/mol. The lowest BCUT2D eigenvalue weighted by molar-refractivity contribution is 0.890. The SMILES string of the molecule is CC1c2ccc(Br)cc2CSc2c(Cl)cccc21. The summed E-state index contributed by atoms with van der Waals surface area (Å²) in [5, 5.41) is 0.872. The fourth-order valence-electron chi connectivity index (χ4n) is 2.46. The average Bonchev–Trinajstić information content (AvgIpc) is 2.49. The smallest absolute Gasteiger partial charge is 0.0544 e. The Balaban J connectivity index is 2.18. The largest absolute Gasteiger partial charge is 0.119 e. The summed E-state index contributed by atoms with van der Waals surface area (Å²) < 4.78 is 1.14. The second kappa shape index (κ2) is 4.92. The van der Waals surface area contributed by atoms with Crippen LogP contribution in [0.3, 0.4) is 0 Å². The molecule has 3 rings (SSSR count). The topological polar surface area (TPSA) is 0 Å². The molecule has 1 aliphatic heterocycles. The minimum Gasteiger partial charge on any atom is -0.119 e. The number of hydrogen-bond acceptors (Lipinski definition) is 1. The van der Waals surface area contributed by atoms with Crippen molar-refractivity contribution in [2.75, 3.05) is 0 Å². The average molecular weight is 340 g/mol. The lowest BCUT2D eigenvalue weighted by Crippen LogP contribution is -1.98. The maximum Gasteiger partial charge on any atom is 0.0544 e. The lowest BCUT2D eigenvalue weighted by atomic mass is 9.90. The predicted molar refractivity (Wildman–Crippen MR) is 82.7 cm³/mol. The molecule has 0 radical (unpaired) electrons. The summed E-state index contributed by atoms with van der Waals surface area (Å²) >= 11 is 11.7. The van der Waals surface area contributed by atoms with Crippen LogP contribution >= 0.6 is 39.3 Å². The molecule has 1 atom stereocenters. The lowest BCUT2D eigenvalue weighted by Gasteiger charge is -2.15. The summed E-state index contributed by atoms with van der Waals surface area (Å²) in [6, 6.07) is 12.8. The molecule has 0 nitrogen and oxygen atoms in total. The second-order valence-corrected chi connectivity index (χ2v) is 6.82. The van der Waals surface area contributed by atoms with Gasteiger partial charge < -0.3 is 0 Å². The minimum absolute atomic E-state index is 0.400. The van der Waals surface area contributed by atoms with Gasteiger partial charge in [-0.3, -0.25) is 0 Å². The van der Waals surface area contributed by atoms with Gasteiger partial charge in [-0.15, -0.1) is 11.8 Å². The molecule has 0 N–H and O–H groups in total. The molecule has 1 unspecified atom stereocenters. The van der Waals surface area contributed by atoms with E-state index >= 15 is 0 Å². The van der Waals surface area contributed by atoms with E-state index in [1.807, 2.05) is 23.9 Å². The van der Waals surface area contributed by atoms with Crippen molar-refractivity contribution in [2.24, 2.45) is 0 Å². The number of benzene rings is 2. The van der Waals surface area contributed by atoms with Gasteiger partial charge in [-0.25, -0.2) is 0 Å². The number of fused-ring (bicyclic) bond motifs is 2. The number of rotatable bonds is 0. The van der Waals surface area contributed by atoms with Gasteiger partial charge in [-0.1, -0.05) is 52.7 Å². The molecule has 92 valence electrons. The normalized spacial score (nSPS) is 17.8. The van der Waals surface area contributed by atoms with E-state index in [0.29, 0.717) is 5.92 Å². The van der Waals surface area contributed by atoms with Crippen LogP contribution in [-0.2, 0) is 5.75 Å². The highest BCUT2D eigenvalue weighted by molar-refractivity contribution is 9.10. The Kier molecular flexibility index (Phi) is 3.44. The van der Waals surface area contributed by atoms with Crippen LogP contribution in [-0.4, -0.2) is 0 Å². The third-order valence-corrected chi connectivity index (χ3v) is 5.53. The quantitative estimate of drug-likeness (QED) is 0.579. The van der Waals surface area contributed by atoms with Crippen LogP contribution in [0.5, 0.6) is 0 Å². The van der Waals surface area contributed by atoms with Crippen molar-refractivity contribution in [3.05, 3.63) is 62.6 Å². The first-order valence-corrected chi connectivity index (χ1v) is 8.02. The van der Waals surface area contributed by atoms with E-state index in [1.165, 1.54) is 21.6 Å². The molecular formula is C15H12BrClS. The summed E-state index contributed by atoms with van der Waals surface area (Å²) in [6.45, 7) is 2.26. The third kappa shape index (κ3) is 2.11. The highest BCUT2D eigenvalue weighted by Gasteiger charge is 2.21. The molecule has 0 fully saturated rings. The Morgan fingerprint density at radius 1 is 1.22 bits per heavy atom. The van der Waals surface area contributed by atoms with Crippen molar-refractivity contribution >= 4 is 39.3 Å². The van der Waals surface area contributed by atoms with Crippen molar-refractivity contribution in [3.8, 4) is 0 Å². The number of hydrogen-bond donors (Lipinski definition) is 0. The van der Waals surface area contributed by atoms with Crippen LogP contribution in [0.25, 0.3) is 0 Å². The maximum atomic E-state index is 6.32. The monoisotopic (exact) mass is 338 g/mol. The van der Waals surface area contributed by atoms with E-state index in [9.17, 15) is 0 Å². The molecule has 0 bridgehead atoms. The summed E-state index contributed by atoms with van der Waals surface area (Å²) in [7, 11) is 0. The van der Waals surface area contributed by atoms with Crippen LogP contribution < -0.4 is 0 Å². The van der Waals surface area contributed by atoms with Gasteiger partial charge in [-0.2, -0.15) is 0 Å². The summed E-state index contributed by atoms with van der Waals surface area (Å²) in [5.74, 6) is 1.38. The molecule has 0 amide bonds. The Bertz CT molecular complexity index is 609. The van der Waals surface area contributed by atoms with Crippen LogP contribution in [0.4, 0.5) is 0 Å². The van der Waals surface area contributed by atoms with E-state index in [2.05, 4.69) is 47.1 Å². The third-order valence-electron chi connectivity index (χ3n) is 3.41. The van der Waals surface area contributed by atoms with Gasteiger partial charge in [0.25, 0.3) is 0 Å². The first-order chi connectivity index (χ1) is 8.66. The van der Waals surface area contributed by atoms with E-state index in [-0.39, 0.29) is 0 Å². The van der Waals surface area contributed by atoms with E-state index in [4.69, 9.17) is 11.6 Å². The Morgan fingerprint density at radius 2 is 2.06 bits per heavy atom. The Labute approximate surface area is 125 Å². The van der Waals surface area contributed by atoms with Crippen molar-refractivity contribution in [1.29, 1.82) is 0 Å². The van der Waals surface area contributed by atoms with Crippen LogP contribution in [0.1, 0.15) is 29.5 Å². The van der Waals surface area contributed by atoms with Crippen LogP contribution in [0, 0.1) is 0 Å². The van der Waals surface area contributed by atoms with Crippen molar-refractivity contribution in [3.63, 3.8) is 0 Å². The van der Waals surface area contributed by atoms with Gasteiger partial charge in [0, 0.05) is 21.0 Å². The van der Waals surface area contributed by atoms with Gasteiger partial charge >= 0.3 is 0 Å².